The van der Waals surface area contributed by atoms with E-state index in [2.05, 4.69) is 48.1 Å². The molecule has 5 nitrogen and oxygen atoms in total. The van der Waals surface area contributed by atoms with Gasteiger partial charge in [-0.3, -0.25) is 0 Å². The second kappa shape index (κ2) is 11.1. The highest BCUT2D eigenvalue weighted by Crippen LogP contribution is 2.32. The van der Waals surface area contributed by atoms with Crippen LogP contribution >= 0.6 is 11.3 Å². The molecule has 1 aliphatic rings. The van der Waals surface area contributed by atoms with Crippen LogP contribution in [0.25, 0.3) is 10.6 Å². The summed E-state index contributed by atoms with van der Waals surface area (Å²) < 4.78 is 5.71. The van der Waals surface area contributed by atoms with Crippen LogP contribution in [0.4, 0.5) is 0 Å². The first-order valence-corrected chi connectivity index (χ1v) is 11.9. The van der Waals surface area contributed by atoms with Crippen molar-refractivity contribution in [1.29, 1.82) is 5.26 Å². The van der Waals surface area contributed by atoms with Crippen molar-refractivity contribution < 1.29 is 4.74 Å². The van der Waals surface area contributed by atoms with Crippen molar-refractivity contribution in [3.05, 3.63) is 70.9 Å². The number of nitrogens with zero attached hydrogens (tertiary/aromatic N) is 2. The molecule has 2 atom stereocenters. The molecular formula is C26H32N4OS. The fourth-order valence-electron chi connectivity index (χ4n) is 3.84. The highest BCUT2D eigenvalue weighted by molar-refractivity contribution is 7.15. The van der Waals surface area contributed by atoms with Gasteiger partial charge in [0.2, 0.25) is 0 Å². The Morgan fingerprint density at radius 3 is 2.97 bits per heavy atom. The van der Waals surface area contributed by atoms with Crippen LogP contribution in [0.2, 0.25) is 0 Å². The molecule has 1 aromatic heterocycles. The first kappa shape index (κ1) is 23.8. The van der Waals surface area contributed by atoms with Crippen LogP contribution in [-0.4, -0.2) is 23.7 Å². The Bertz CT molecular complexity index is 1040. The van der Waals surface area contributed by atoms with Gasteiger partial charge >= 0.3 is 0 Å². The van der Waals surface area contributed by atoms with Crippen LogP contribution in [0.3, 0.4) is 0 Å². The topological polar surface area (TPSA) is 84.0 Å². The van der Waals surface area contributed by atoms with Crippen molar-refractivity contribution in [2.24, 2.45) is 11.7 Å². The van der Waals surface area contributed by atoms with E-state index >= 15 is 0 Å². The zero-order chi connectivity index (χ0) is 23.1. The summed E-state index contributed by atoms with van der Waals surface area (Å²) in [7, 11) is 0. The second-order valence-corrected chi connectivity index (χ2v) is 9.52. The second-order valence-electron chi connectivity index (χ2n) is 8.40. The van der Waals surface area contributed by atoms with Gasteiger partial charge in [0.25, 0.3) is 0 Å². The Balaban J connectivity index is 1.65. The zero-order valence-corrected chi connectivity index (χ0v) is 19.9. The van der Waals surface area contributed by atoms with Crippen LogP contribution in [-0.2, 0) is 6.42 Å². The quantitative estimate of drug-likeness (QED) is 0.540. The van der Waals surface area contributed by atoms with E-state index in [0.29, 0.717) is 29.8 Å². The van der Waals surface area contributed by atoms with Crippen molar-refractivity contribution in [2.45, 2.75) is 52.2 Å². The van der Waals surface area contributed by atoms with Gasteiger partial charge in [-0.05, 0) is 56.4 Å². The first-order chi connectivity index (χ1) is 15.4. The number of nitriles is 1. The van der Waals surface area contributed by atoms with Gasteiger partial charge in [-0.25, -0.2) is 4.98 Å². The van der Waals surface area contributed by atoms with Gasteiger partial charge in [0, 0.05) is 41.3 Å². The predicted molar refractivity (Wildman–Crippen MR) is 132 cm³/mol. The molecule has 0 bridgehead atoms. The normalized spacial score (nSPS) is 19.6. The number of thiazole rings is 1. The lowest BCUT2D eigenvalue weighted by Crippen LogP contribution is -2.30. The molecule has 3 N–H and O–H groups in total. The van der Waals surface area contributed by atoms with Gasteiger partial charge in [0.1, 0.15) is 16.8 Å². The first-order valence-electron chi connectivity index (χ1n) is 11.1. The maximum atomic E-state index is 9.46. The van der Waals surface area contributed by atoms with Crippen molar-refractivity contribution >= 4 is 11.3 Å². The van der Waals surface area contributed by atoms with E-state index in [4.69, 9.17) is 10.5 Å². The Morgan fingerprint density at radius 2 is 2.25 bits per heavy atom. The molecule has 1 aliphatic carbocycles. The molecule has 32 heavy (non-hydrogen) atoms. The minimum Gasteiger partial charge on any atom is -0.490 e. The van der Waals surface area contributed by atoms with Gasteiger partial charge < -0.3 is 15.8 Å². The molecule has 1 saturated carbocycles. The fourth-order valence-corrected chi connectivity index (χ4v) is 4.72. The van der Waals surface area contributed by atoms with Gasteiger partial charge in [-0.1, -0.05) is 31.7 Å². The third-order valence-corrected chi connectivity index (χ3v) is 6.56. The van der Waals surface area contributed by atoms with Crippen LogP contribution < -0.4 is 15.8 Å². The average Bonchev–Trinajstić information content (AvgIpc) is 3.38. The molecule has 0 spiro atoms. The summed E-state index contributed by atoms with van der Waals surface area (Å²) >= 11 is 1.65. The van der Waals surface area contributed by atoms with Crippen LogP contribution in [0.15, 0.2) is 60.5 Å². The van der Waals surface area contributed by atoms with Gasteiger partial charge in [0.05, 0.1) is 11.7 Å². The third-order valence-electron chi connectivity index (χ3n) is 5.49. The molecule has 0 amide bonds. The van der Waals surface area contributed by atoms with Crippen molar-refractivity contribution in [1.82, 2.24) is 10.3 Å². The van der Waals surface area contributed by atoms with Gasteiger partial charge in [0.15, 0.2) is 0 Å². The highest BCUT2D eigenvalue weighted by atomic mass is 32.1. The van der Waals surface area contributed by atoms with E-state index in [9.17, 15) is 5.26 Å². The summed E-state index contributed by atoms with van der Waals surface area (Å²) in [5.74, 6) is 1.18. The summed E-state index contributed by atoms with van der Waals surface area (Å²) in [4.78, 5) is 5.74. The van der Waals surface area contributed by atoms with Crippen LogP contribution in [0.5, 0.6) is 5.75 Å². The molecule has 2 aromatic rings. The lowest BCUT2D eigenvalue weighted by molar-refractivity contribution is 0.242. The minimum absolute atomic E-state index is 0.0268. The largest absolute Gasteiger partial charge is 0.490 e. The molecule has 0 saturated heterocycles. The molecule has 2 unspecified atom stereocenters. The summed E-state index contributed by atoms with van der Waals surface area (Å²) in [5, 5.41) is 13.8. The molecule has 6 heteroatoms. The number of nitrogens with one attached hydrogen (secondary N) is 1. The van der Waals surface area contributed by atoms with Gasteiger partial charge in [-0.15, -0.1) is 11.3 Å². The number of aromatic nitrogens is 1. The molecular weight excluding hydrogens is 416 g/mol. The molecule has 0 radical (unpaired) electrons. The van der Waals surface area contributed by atoms with E-state index in [1.165, 1.54) is 16.9 Å². The Kier molecular flexibility index (Phi) is 8.26. The van der Waals surface area contributed by atoms with Crippen molar-refractivity contribution in [3.63, 3.8) is 0 Å². The van der Waals surface area contributed by atoms with E-state index in [1.807, 2.05) is 38.2 Å². The standard InChI is InChI=1S/C26H32N4OS/c1-17(2)31-25-12-10-20(13-21(25)15-28)26-29-16-22(32-26)7-5-6-8-23-18(3)9-11-24(23)30-19(4)14-27/h5-6,8,10,12-13,16-18,24,30H,4,7,9,11,14,27H2,1-3H3/b6-5-,23-8+. The van der Waals surface area contributed by atoms with Crippen LogP contribution in [0, 0.1) is 17.2 Å². The Labute approximate surface area is 195 Å². The average molecular weight is 449 g/mol. The van der Waals surface area contributed by atoms with E-state index in [0.717, 1.165) is 29.1 Å². The number of allylic oxidation sites excluding steroid dienone is 3. The fraction of sp³-hybridized carbons (Fsp3) is 0.385. The van der Waals surface area contributed by atoms with E-state index in [1.54, 1.807) is 11.3 Å². The molecule has 168 valence electrons. The summed E-state index contributed by atoms with van der Waals surface area (Å²) in [6.07, 6.45) is 11.6. The molecule has 1 heterocycles. The van der Waals surface area contributed by atoms with Crippen molar-refractivity contribution in [3.8, 4) is 22.4 Å². The highest BCUT2D eigenvalue weighted by Gasteiger charge is 2.26. The third kappa shape index (κ3) is 6.09. The number of nitrogens with two attached hydrogens (primary N) is 1. The smallest absolute Gasteiger partial charge is 0.137 e. The number of ether oxygens (including phenoxy) is 1. The van der Waals surface area contributed by atoms with E-state index < -0.39 is 0 Å². The predicted octanol–water partition coefficient (Wildman–Crippen LogP) is 5.35. The number of rotatable bonds is 9. The van der Waals surface area contributed by atoms with Crippen LogP contribution in [0.1, 0.15) is 44.1 Å². The van der Waals surface area contributed by atoms with Gasteiger partial charge in [-0.2, -0.15) is 5.26 Å². The molecule has 1 aromatic carbocycles. The molecule has 0 aliphatic heterocycles. The lowest BCUT2D eigenvalue weighted by Gasteiger charge is -2.18. The lowest BCUT2D eigenvalue weighted by atomic mass is 10.0. The van der Waals surface area contributed by atoms with Crippen molar-refractivity contribution in [2.75, 3.05) is 6.54 Å². The Morgan fingerprint density at radius 1 is 1.44 bits per heavy atom. The SMILES string of the molecule is C=C(CN)NC1CCC(C)/C1=C\C=C/Cc1cnc(-c2ccc(OC(C)C)c(C#N)c2)s1. The molecule has 1 fully saturated rings. The van der Waals surface area contributed by atoms with E-state index in [-0.39, 0.29) is 6.10 Å². The summed E-state index contributed by atoms with van der Waals surface area (Å²) in [6, 6.07) is 8.23. The zero-order valence-electron chi connectivity index (χ0n) is 19.1. The Hall–Kier alpha value is -2.88. The number of benzene rings is 1. The summed E-state index contributed by atoms with van der Waals surface area (Å²) in [6.45, 7) is 10.6. The number of hydrogen-bond acceptors (Lipinski definition) is 6. The number of hydrogen-bond donors (Lipinski definition) is 2. The minimum atomic E-state index is 0.0268. The maximum Gasteiger partial charge on any atom is 0.137 e. The maximum absolute atomic E-state index is 9.46. The summed E-state index contributed by atoms with van der Waals surface area (Å²) in [5.41, 5.74) is 9.45. The molecule has 3 rings (SSSR count). The monoisotopic (exact) mass is 448 g/mol.